The number of aromatic nitrogens is 4. The molecule has 2 aromatic heterocycles. The van der Waals surface area contributed by atoms with Crippen LogP contribution >= 0.6 is 0 Å². The van der Waals surface area contributed by atoms with Crippen molar-refractivity contribution in [1.29, 1.82) is 0 Å². The van der Waals surface area contributed by atoms with Crippen LogP contribution in [0, 0.1) is 13.8 Å². The van der Waals surface area contributed by atoms with E-state index >= 15 is 0 Å². The van der Waals surface area contributed by atoms with Gasteiger partial charge in [0, 0.05) is 63.1 Å². The molecule has 0 spiro atoms. The summed E-state index contributed by atoms with van der Waals surface area (Å²) in [6, 6.07) is 3.66. The van der Waals surface area contributed by atoms with Crippen molar-refractivity contribution in [3.05, 3.63) is 46.4 Å². The molecule has 27 heavy (non-hydrogen) atoms. The number of aryl methyl sites for hydroxylation is 2. The van der Waals surface area contributed by atoms with Crippen LogP contribution in [0.3, 0.4) is 0 Å². The first-order chi connectivity index (χ1) is 13.0. The van der Waals surface area contributed by atoms with Gasteiger partial charge in [0.25, 0.3) is 0 Å². The summed E-state index contributed by atoms with van der Waals surface area (Å²) in [5.74, 6) is 0.694. The van der Waals surface area contributed by atoms with Gasteiger partial charge in [0.2, 0.25) is 11.9 Å². The minimum absolute atomic E-state index is 0.0369. The van der Waals surface area contributed by atoms with Crippen molar-refractivity contribution in [2.75, 3.05) is 44.2 Å². The van der Waals surface area contributed by atoms with Crippen LogP contribution in [0.2, 0.25) is 0 Å². The molecule has 0 aromatic carbocycles. The van der Waals surface area contributed by atoms with Crippen molar-refractivity contribution in [3.63, 3.8) is 0 Å². The molecule has 1 aliphatic heterocycles. The third-order valence-corrected chi connectivity index (χ3v) is 4.58. The van der Waals surface area contributed by atoms with E-state index < -0.39 is 0 Å². The van der Waals surface area contributed by atoms with E-state index in [1.165, 1.54) is 0 Å². The van der Waals surface area contributed by atoms with E-state index in [1.807, 2.05) is 13.0 Å². The van der Waals surface area contributed by atoms with E-state index in [2.05, 4.69) is 30.1 Å². The lowest BCUT2D eigenvalue weighted by Crippen LogP contribution is -2.50. The Hall–Kier alpha value is -2.81. The Morgan fingerprint density at radius 2 is 1.85 bits per heavy atom. The minimum atomic E-state index is -0.277. The van der Waals surface area contributed by atoms with Gasteiger partial charge in [-0.1, -0.05) is 0 Å². The fraction of sp³-hybridized carbons (Fsp3) is 0.500. The topological polar surface area (TPSA) is 96.3 Å². The predicted molar refractivity (Wildman–Crippen MR) is 102 cm³/mol. The van der Waals surface area contributed by atoms with Gasteiger partial charge in [0.05, 0.1) is 6.54 Å². The number of nitrogens with one attached hydrogen (secondary N) is 1. The Labute approximate surface area is 158 Å². The van der Waals surface area contributed by atoms with E-state index in [1.54, 1.807) is 30.0 Å². The molecule has 9 nitrogen and oxygen atoms in total. The molecule has 3 heterocycles. The summed E-state index contributed by atoms with van der Waals surface area (Å²) in [7, 11) is 0. The van der Waals surface area contributed by atoms with Crippen LogP contribution in [0.15, 0.2) is 29.3 Å². The van der Waals surface area contributed by atoms with Crippen molar-refractivity contribution in [1.82, 2.24) is 29.7 Å². The molecule has 2 aromatic rings. The van der Waals surface area contributed by atoms with E-state index in [4.69, 9.17) is 0 Å². The molecule has 1 N–H and O–H groups in total. The van der Waals surface area contributed by atoms with Crippen LogP contribution in [0.1, 0.15) is 11.4 Å². The summed E-state index contributed by atoms with van der Waals surface area (Å²) in [6.07, 6.45) is 3.47. The average molecular weight is 371 g/mol. The molecule has 0 radical (unpaired) electrons. The van der Waals surface area contributed by atoms with Crippen LogP contribution < -0.4 is 15.9 Å². The fourth-order valence-electron chi connectivity index (χ4n) is 3.17. The zero-order chi connectivity index (χ0) is 19.2. The number of carbonyl (C=O) groups is 1. The van der Waals surface area contributed by atoms with Gasteiger partial charge >= 0.3 is 5.69 Å². The molecule has 0 unspecified atom stereocenters. The van der Waals surface area contributed by atoms with E-state index in [-0.39, 0.29) is 11.6 Å². The maximum Gasteiger partial charge on any atom is 0.348 e. The summed E-state index contributed by atoms with van der Waals surface area (Å²) >= 11 is 0. The molecule has 9 heteroatoms. The maximum atomic E-state index is 12.2. The number of nitrogens with zero attached hydrogens (tertiary/aromatic N) is 6. The highest BCUT2D eigenvalue weighted by molar-refractivity contribution is 5.78. The second-order valence-corrected chi connectivity index (χ2v) is 6.64. The summed E-state index contributed by atoms with van der Waals surface area (Å²) in [5.41, 5.74) is 1.28. The largest absolute Gasteiger partial charge is 0.353 e. The number of anilines is 1. The maximum absolute atomic E-state index is 12.2. The molecule has 0 atom stereocenters. The highest BCUT2D eigenvalue weighted by Gasteiger charge is 2.20. The van der Waals surface area contributed by atoms with Gasteiger partial charge < -0.3 is 10.2 Å². The second-order valence-electron chi connectivity index (χ2n) is 6.64. The molecule has 144 valence electrons. The molecule has 1 saturated heterocycles. The summed E-state index contributed by atoms with van der Waals surface area (Å²) in [5, 5.41) is 2.88. The highest BCUT2D eigenvalue weighted by atomic mass is 16.2. The average Bonchev–Trinajstić information content (AvgIpc) is 2.65. The van der Waals surface area contributed by atoms with Crippen LogP contribution in [-0.2, 0) is 11.3 Å². The quantitative estimate of drug-likeness (QED) is 0.737. The SMILES string of the molecule is Cc1cc(C)n(CCNC(=O)CN2CCN(c3ncccn3)CC2)c(=O)n1. The van der Waals surface area contributed by atoms with Gasteiger partial charge in [-0.3, -0.25) is 14.3 Å². The Balaban J connectivity index is 1.41. The lowest BCUT2D eigenvalue weighted by atomic mass is 10.3. The molecule has 1 amide bonds. The highest BCUT2D eigenvalue weighted by Crippen LogP contribution is 2.09. The summed E-state index contributed by atoms with van der Waals surface area (Å²) in [6.45, 7) is 7.99. The lowest BCUT2D eigenvalue weighted by molar-refractivity contribution is -0.122. The molecule has 0 saturated carbocycles. The zero-order valence-electron chi connectivity index (χ0n) is 15.8. The predicted octanol–water partition coefficient (Wildman–Crippen LogP) is -0.411. The van der Waals surface area contributed by atoms with Crippen molar-refractivity contribution in [2.45, 2.75) is 20.4 Å². The van der Waals surface area contributed by atoms with Gasteiger partial charge in [-0.2, -0.15) is 4.98 Å². The first-order valence-electron chi connectivity index (χ1n) is 9.09. The number of rotatable bonds is 6. The van der Waals surface area contributed by atoms with Crippen molar-refractivity contribution >= 4 is 11.9 Å². The van der Waals surface area contributed by atoms with Crippen LogP contribution in [-0.4, -0.2) is 69.6 Å². The first-order valence-corrected chi connectivity index (χ1v) is 9.09. The zero-order valence-corrected chi connectivity index (χ0v) is 15.8. The Morgan fingerprint density at radius 1 is 1.15 bits per heavy atom. The molecule has 1 aliphatic rings. The van der Waals surface area contributed by atoms with Gasteiger partial charge in [0.15, 0.2) is 0 Å². The van der Waals surface area contributed by atoms with E-state index in [0.717, 1.165) is 37.8 Å². The third-order valence-electron chi connectivity index (χ3n) is 4.58. The molecule has 3 rings (SSSR count). The molecular formula is C18H25N7O2. The number of carbonyl (C=O) groups excluding carboxylic acids is 1. The van der Waals surface area contributed by atoms with Gasteiger partial charge in [-0.05, 0) is 26.0 Å². The van der Waals surface area contributed by atoms with Crippen molar-refractivity contribution in [3.8, 4) is 0 Å². The molecule has 0 bridgehead atoms. The summed E-state index contributed by atoms with van der Waals surface area (Å²) < 4.78 is 1.58. The van der Waals surface area contributed by atoms with Gasteiger partial charge in [0.1, 0.15) is 0 Å². The first kappa shape index (κ1) is 19.0. The Bertz CT molecular complexity index is 829. The minimum Gasteiger partial charge on any atom is -0.353 e. The van der Waals surface area contributed by atoms with Gasteiger partial charge in [-0.15, -0.1) is 0 Å². The number of hydrogen-bond acceptors (Lipinski definition) is 7. The monoisotopic (exact) mass is 371 g/mol. The standard InChI is InChI=1S/C18H25N7O2/c1-14-12-15(2)25(18(27)22-14)7-6-19-16(26)13-23-8-10-24(11-9-23)17-20-4-3-5-21-17/h3-5,12H,6-11,13H2,1-2H3,(H,19,26). The van der Waals surface area contributed by atoms with Gasteiger partial charge in [-0.25, -0.2) is 14.8 Å². The van der Waals surface area contributed by atoms with Crippen molar-refractivity contribution in [2.24, 2.45) is 0 Å². The van der Waals surface area contributed by atoms with Crippen LogP contribution in [0.4, 0.5) is 5.95 Å². The Morgan fingerprint density at radius 3 is 2.52 bits per heavy atom. The second kappa shape index (κ2) is 8.72. The van der Waals surface area contributed by atoms with Crippen molar-refractivity contribution < 1.29 is 4.79 Å². The normalized spacial score (nSPS) is 15.0. The van der Waals surface area contributed by atoms with E-state index in [0.29, 0.717) is 25.3 Å². The lowest BCUT2D eigenvalue weighted by Gasteiger charge is -2.34. The molecular weight excluding hydrogens is 346 g/mol. The van der Waals surface area contributed by atoms with Crippen LogP contribution in [0.5, 0.6) is 0 Å². The van der Waals surface area contributed by atoms with E-state index in [9.17, 15) is 9.59 Å². The number of amides is 1. The smallest absolute Gasteiger partial charge is 0.348 e. The summed E-state index contributed by atoms with van der Waals surface area (Å²) in [4.78, 5) is 40.8. The number of hydrogen-bond donors (Lipinski definition) is 1. The Kier molecular flexibility index (Phi) is 6.12. The van der Waals surface area contributed by atoms with Crippen LogP contribution in [0.25, 0.3) is 0 Å². The fourth-order valence-corrected chi connectivity index (χ4v) is 3.17. The third kappa shape index (κ3) is 5.10. The number of piperazine rings is 1. The molecule has 0 aliphatic carbocycles. The molecule has 1 fully saturated rings.